The summed E-state index contributed by atoms with van der Waals surface area (Å²) in [6.07, 6.45) is 5.05. The Bertz CT molecular complexity index is 381. The van der Waals surface area contributed by atoms with E-state index in [0.29, 0.717) is 6.04 Å². The maximum Gasteiger partial charge on any atom is 0.125 e. The third kappa shape index (κ3) is 2.81. The lowest BCUT2D eigenvalue weighted by Gasteiger charge is -2.25. The van der Waals surface area contributed by atoms with Gasteiger partial charge in [-0.05, 0) is 56.3 Å². The quantitative estimate of drug-likeness (QED) is 0.866. The maximum atomic E-state index is 5.57. The number of piperidine rings is 1. The van der Waals surface area contributed by atoms with Gasteiger partial charge in [-0.3, -0.25) is 0 Å². The number of hydrogen-bond acceptors (Lipinski definition) is 2. The lowest BCUT2D eigenvalue weighted by molar-refractivity contribution is 0.379. The van der Waals surface area contributed by atoms with Gasteiger partial charge in [0, 0.05) is 6.04 Å². The van der Waals surface area contributed by atoms with Crippen LogP contribution in [-0.2, 0) is 6.42 Å². The summed E-state index contributed by atoms with van der Waals surface area (Å²) in [6.45, 7) is 5.47. The molecule has 0 aliphatic carbocycles. The monoisotopic (exact) mass is 233 g/mol. The van der Waals surface area contributed by atoms with Crippen molar-refractivity contribution in [2.45, 2.75) is 45.6 Å². The lowest BCUT2D eigenvalue weighted by atomic mass is 9.93. The van der Waals surface area contributed by atoms with Crippen molar-refractivity contribution < 1.29 is 4.74 Å². The van der Waals surface area contributed by atoms with Gasteiger partial charge in [-0.2, -0.15) is 0 Å². The molecule has 1 atom stereocenters. The Morgan fingerprint density at radius 1 is 1.24 bits per heavy atom. The van der Waals surface area contributed by atoms with E-state index in [1.54, 1.807) is 7.11 Å². The molecule has 1 saturated heterocycles. The molecule has 1 N–H and O–H groups in total. The van der Waals surface area contributed by atoms with E-state index in [-0.39, 0.29) is 0 Å². The molecule has 0 saturated carbocycles. The van der Waals surface area contributed by atoms with E-state index in [4.69, 9.17) is 4.74 Å². The molecule has 0 amide bonds. The number of aryl methyl sites for hydroxylation is 2. The predicted octanol–water partition coefficient (Wildman–Crippen LogP) is 3.00. The van der Waals surface area contributed by atoms with Crippen molar-refractivity contribution >= 4 is 0 Å². The van der Waals surface area contributed by atoms with Gasteiger partial charge in [0.2, 0.25) is 0 Å². The normalized spacial score (nSPS) is 20.3. The summed E-state index contributed by atoms with van der Waals surface area (Å²) >= 11 is 0. The van der Waals surface area contributed by atoms with Gasteiger partial charge in [0.1, 0.15) is 5.75 Å². The zero-order chi connectivity index (χ0) is 12.3. The SMILES string of the molecule is COc1c(C)ccc(C)c1CC1CCCCN1. The molecule has 0 spiro atoms. The summed E-state index contributed by atoms with van der Waals surface area (Å²) in [4.78, 5) is 0. The maximum absolute atomic E-state index is 5.57. The van der Waals surface area contributed by atoms with E-state index in [2.05, 4.69) is 31.3 Å². The first kappa shape index (κ1) is 12.4. The van der Waals surface area contributed by atoms with E-state index >= 15 is 0 Å². The molecule has 1 unspecified atom stereocenters. The van der Waals surface area contributed by atoms with Crippen LogP contribution in [0.1, 0.15) is 36.0 Å². The zero-order valence-electron chi connectivity index (χ0n) is 11.2. The van der Waals surface area contributed by atoms with Crippen LogP contribution in [-0.4, -0.2) is 19.7 Å². The summed E-state index contributed by atoms with van der Waals surface area (Å²) < 4.78 is 5.57. The molecule has 2 heteroatoms. The van der Waals surface area contributed by atoms with E-state index < -0.39 is 0 Å². The van der Waals surface area contributed by atoms with Gasteiger partial charge < -0.3 is 10.1 Å². The molecular weight excluding hydrogens is 210 g/mol. The van der Waals surface area contributed by atoms with Crippen molar-refractivity contribution in [2.75, 3.05) is 13.7 Å². The first-order valence-corrected chi connectivity index (χ1v) is 6.59. The van der Waals surface area contributed by atoms with Crippen LogP contribution >= 0.6 is 0 Å². The fraction of sp³-hybridized carbons (Fsp3) is 0.600. The van der Waals surface area contributed by atoms with Crippen molar-refractivity contribution in [1.29, 1.82) is 0 Å². The smallest absolute Gasteiger partial charge is 0.125 e. The van der Waals surface area contributed by atoms with E-state index in [1.807, 2.05) is 0 Å². The molecule has 1 heterocycles. The standard InChI is InChI=1S/C15H23NO/c1-11-7-8-12(2)15(17-3)14(11)10-13-6-4-5-9-16-13/h7-8,13,16H,4-6,9-10H2,1-3H3. The van der Waals surface area contributed by atoms with Crippen LogP contribution in [0.3, 0.4) is 0 Å². The second-order valence-electron chi connectivity index (χ2n) is 5.06. The highest BCUT2D eigenvalue weighted by atomic mass is 16.5. The third-order valence-corrected chi connectivity index (χ3v) is 3.76. The third-order valence-electron chi connectivity index (χ3n) is 3.76. The number of hydrogen-bond donors (Lipinski definition) is 1. The zero-order valence-corrected chi connectivity index (χ0v) is 11.2. The van der Waals surface area contributed by atoms with Crippen LogP contribution in [0.15, 0.2) is 12.1 Å². The topological polar surface area (TPSA) is 21.3 Å². The highest BCUT2D eigenvalue weighted by Crippen LogP contribution is 2.28. The average Bonchev–Trinajstić information content (AvgIpc) is 2.35. The second kappa shape index (κ2) is 5.54. The van der Waals surface area contributed by atoms with Gasteiger partial charge in [0.15, 0.2) is 0 Å². The van der Waals surface area contributed by atoms with Gasteiger partial charge in [0.05, 0.1) is 7.11 Å². The molecule has 94 valence electrons. The van der Waals surface area contributed by atoms with Crippen molar-refractivity contribution in [3.05, 3.63) is 28.8 Å². The molecule has 0 aromatic heterocycles. The molecule has 1 aromatic rings. The summed E-state index contributed by atoms with van der Waals surface area (Å²) in [7, 11) is 1.78. The molecular formula is C15H23NO. The Hall–Kier alpha value is -1.02. The Balaban J connectivity index is 2.21. The molecule has 0 bridgehead atoms. The highest BCUT2D eigenvalue weighted by Gasteiger charge is 2.17. The van der Waals surface area contributed by atoms with Gasteiger partial charge >= 0.3 is 0 Å². The lowest BCUT2D eigenvalue weighted by Crippen LogP contribution is -2.35. The Kier molecular flexibility index (Phi) is 4.06. The molecule has 0 radical (unpaired) electrons. The summed E-state index contributed by atoms with van der Waals surface area (Å²) in [5, 5.41) is 3.61. The molecule has 2 nitrogen and oxygen atoms in total. The molecule has 1 fully saturated rings. The first-order chi connectivity index (χ1) is 8.22. The largest absolute Gasteiger partial charge is 0.496 e. The van der Waals surface area contributed by atoms with Crippen LogP contribution in [0.2, 0.25) is 0 Å². The Morgan fingerprint density at radius 3 is 2.65 bits per heavy atom. The van der Waals surface area contributed by atoms with Crippen molar-refractivity contribution in [2.24, 2.45) is 0 Å². The molecule has 2 rings (SSSR count). The van der Waals surface area contributed by atoms with Gasteiger partial charge in [-0.15, -0.1) is 0 Å². The summed E-state index contributed by atoms with van der Waals surface area (Å²) in [5.74, 6) is 1.08. The highest BCUT2D eigenvalue weighted by molar-refractivity contribution is 5.46. The van der Waals surface area contributed by atoms with E-state index in [1.165, 1.54) is 36.0 Å². The van der Waals surface area contributed by atoms with Gasteiger partial charge in [0.25, 0.3) is 0 Å². The Labute approximate surface area is 104 Å². The molecule has 1 aromatic carbocycles. The number of ether oxygens (including phenoxy) is 1. The van der Waals surface area contributed by atoms with Crippen molar-refractivity contribution in [3.63, 3.8) is 0 Å². The second-order valence-corrected chi connectivity index (χ2v) is 5.06. The van der Waals surface area contributed by atoms with E-state index in [0.717, 1.165) is 18.7 Å². The first-order valence-electron chi connectivity index (χ1n) is 6.59. The van der Waals surface area contributed by atoms with E-state index in [9.17, 15) is 0 Å². The summed E-state index contributed by atoms with van der Waals surface area (Å²) in [6, 6.07) is 4.97. The molecule has 1 aliphatic rings. The minimum Gasteiger partial charge on any atom is -0.496 e. The minimum absolute atomic E-state index is 0.623. The van der Waals surface area contributed by atoms with Crippen LogP contribution in [0.25, 0.3) is 0 Å². The number of methoxy groups -OCH3 is 1. The van der Waals surface area contributed by atoms with Crippen LogP contribution in [0.4, 0.5) is 0 Å². The van der Waals surface area contributed by atoms with Crippen LogP contribution in [0.5, 0.6) is 5.75 Å². The average molecular weight is 233 g/mol. The minimum atomic E-state index is 0.623. The van der Waals surface area contributed by atoms with Crippen LogP contribution in [0, 0.1) is 13.8 Å². The summed E-state index contributed by atoms with van der Waals surface area (Å²) in [5.41, 5.74) is 3.97. The number of benzene rings is 1. The predicted molar refractivity (Wildman–Crippen MR) is 71.8 cm³/mol. The van der Waals surface area contributed by atoms with Gasteiger partial charge in [-0.25, -0.2) is 0 Å². The molecule has 17 heavy (non-hydrogen) atoms. The van der Waals surface area contributed by atoms with Gasteiger partial charge in [-0.1, -0.05) is 18.6 Å². The fourth-order valence-electron chi connectivity index (χ4n) is 2.73. The fourth-order valence-corrected chi connectivity index (χ4v) is 2.73. The van der Waals surface area contributed by atoms with Crippen LogP contribution < -0.4 is 10.1 Å². The van der Waals surface area contributed by atoms with Crippen molar-refractivity contribution in [1.82, 2.24) is 5.32 Å². The Morgan fingerprint density at radius 2 is 2.00 bits per heavy atom. The number of rotatable bonds is 3. The number of nitrogens with one attached hydrogen (secondary N) is 1. The molecule has 1 aliphatic heterocycles. The van der Waals surface area contributed by atoms with Crippen molar-refractivity contribution in [3.8, 4) is 5.75 Å².